The van der Waals surface area contributed by atoms with Crippen molar-refractivity contribution in [3.63, 3.8) is 0 Å². The molecular formula is C14H21FN4O. The molecule has 2 rings (SSSR count). The molecule has 0 radical (unpaired) electrons. The van der Waals surface area contributed by atoms with Crippen LogP contribution < -0.4 is 11.1 Å². The number of anilines is 1. The number of nitrogens with zero attached hydrogens (tertiary/aromatic N) is 2. The maximum atomic E-state index is 13.1. The predicted molar refractivity (Wildman–Crippen MR) is 75.8 cm³/mol. The van der Waals surface area contributed by atoms with Crippen LogP contribution in [0.4, 0.5) is 10.2 Å². The van der Waals surface area contributed by atoms with E-state index < -0.39 is 5.82 Å². The Morgan fingerprint density at radius 2 is 2.25 bits per heavy atom. The van der Waals surface area contributed by atoms with Crippen molar-refractivity contribution in [1.82, 2.24) is 15.2 Å². The average Bonchev–Trinajstić information content (AvgIpc) is 2.47. The van der Waals surface area contributed by atoms with Crippen LogP contribution >= 0.6 is 0 Å². The quantitative estimate of drug-likeness (QED) is 0.871. The van der Waals surface area contributed by atoms with Gasteiger partial charge in [-0.15, -0.1) is 0 Å². The van der Waals surface area contributed by atoms with Crippen LogP contribution in [0.25, 0.3) is 0 Å². The number of carbonyl (C=O) groups is 1. The Balaban J connectivity index is 1.85. The summed E-state index contributed by atoms with van der Waals surface area (Å²) >= 11 is 0. The number of pyridine rings is 1. The largest absolute Gasteiger partial charge is 0.383 e. The van der Waals surface area contributed by atoms with Crippen LogP contribution in [0, 0.1) is 11.7 Å². The Morgan fingerprint density at radius 1 is 1.55 bits per heavy atom. The summed E-state index contributed by atoms with van der Waals surface area (Å²) in [5, 5.41) is 2.83. The zero-order valence-corrected chi connectivity index (χ0v) is 11.7. The number of aromatic nitrogens is 1. The smallest absolute Gasteiger partial charge is 0.255 e. The number of hydrogen-bond acceptors (Lipinski definition) is 4. The second-order valence-electron chi connectivity index (χ2n) is 5.17. The number of amides is 1. The van der Waals surface area contributed by atoms with Gasteiger partial charge >= 0.3 is 0 Å². The van der Waals surface area contributed by atoms with E-state index in [4.69, 9.17) is 5.73 Å². The minimum Gasteiger partial charge on any atom is -0.383 e. The molecule has 5 nitrogen and oxygen atoms in total. The van der Waals surface area contributed by atoms with E-state index in [9.17, 15) is 9.18 Å². The number of nitrogen functional groups attached to an aromatic ring is 1. The molecule has 6 heteroatoms. The molecule has 0 saturated carbocycles. The normalized spacial score (nSPS) is 17.1. The molecule has 0 unspecified atom stereocenters. The van der Waals surface area contributed by atoms with Crippen molar-refractivity contribution in [2.75, 3.05) is 31.9 Å². The van der Waals surface area contributed by atoms with Crippen LogP contribution in [0.2, 0.25) is 0 Å². The van der Waals surface area contributed by atoms with E-state index in [1.165, 1.54) is 0 Å². The highest BCUT2D eigenvalue weighted by molar-refractivity contribution is 5.98. The first kappa shape index (κ1) is 14.7. The van der Waals surface area contributed by atoms with Gasteiger partial charge in [-0.3, -0.25) is 4.79 Å². The first-order chi connectivity index (χ1) is 9.60. The number of nitrogens with two attached hydrogens (primary N) is 1. The highest BCUT2D eigenvalue weighted by Gasteiger charge is 2.19. The Morgan fingerprint density at radius 3 is 2.90 bits per heavy atom. The lowest BCUT2D eigenvalue weighted by Gasteiger charge is -2.31. The lowest BCUT2D eigenvalue weighted by atomic mass is 9.97. The van der Waals surface area contributed by atoms with Crippen molar-refractivity contribution < 1.29 is 9.18 Å². The van der Waals surface area contributed by atoms with Gasteiger partial charge in [0, 0.05) is 6.54 Å². The lowest BCUT2D eigenvalue weighted by molar-refractivity contribution is 0.0937. The van der Waals surface area contributed by atoms with Crippen LogP contribution in [-0.4, -0.2) is 42.0 Å². The molecule has 0 spiro atoms. The summed E-state index contributed by atoms with van der Waals surface area (Å²) in [5.41, 5.74) is 5.70. The van der Waals surface area contributed by atoms with E-state index in [1.807, 2.05) is 0 Å². The van der Waals surface area contributed by atoms with Gasteiger partial charge in [0.1, 0.15) is 11.6 Å². The second kappa shape index (κ2) is 6.65. The van der Waals surface area contributed by atoms with Crippen LogP contribution in [-0.2, 0) is 0 Å². The van der Waals surface area contributed by atoms with E-state index in [0.717, 1.165) is 44.7 Å². The van der Waals surface area contributed by atoms with Gasteiger partial charge in [-0.25, -0.2) is 9.37 Å². The Labute approximate surface area is 118 Å². The first-order valence-electron chi connectivity index (χ1n) is 7.01. The van der Waals surface area contributed by atoms with Crippen molar-refractivity contribution in [3.8, 4) is 0 Å². The summed E-state index contributed by atoms with van der Waals surface area (Å²) in [6.45, 7) is 5.97. The molecule has 1 aliphatic rings. The third-order valence-electron chi connectivity index (χ3n) is 3.84. The van der Waals surface area contributed by atoms with Crippen LogP contribution in [0.3, 0.4) is 0 Å². The highest BCUT2D eigenvalue weighted by Crippen LogP contribution is 2.16. The second-order valence-corrected chi connectivity index (χ2v) is 5.17. The molecule has 1 fully saturated rings. The third-order valence-corrected chi connectivity index (χ3v) is 3.84. The van der Waals surface area contributed by atoms with Crippen molar-refractivity contribution in [1.29, 1.82) is 0 Å². The summed E-state index contributed by atoms with van der Waals surface area (Å²) < 4.78 is 13.1. The van der Waals surface area contributed by atoms with Gasteiger partial charge in [0.15, 0.2) is 0 Å². The molecule has 1 aliphatic heterocycles. The number of halogens is 1. The van der Waals surface area contributed by atoms with Gasteiger partial charge in [-0.2, -0.15) is 0 Å². The van der Waals surface area contributed by atoms with E-state index in [-0.39, 0.29) is 17.3 Å². The van der Waals surface area contributed by atoms with E-state index in [1.54, 1.807) is 0 Å². The molecule has 1 amide bonds. The number of rotatable bonds is 4. The lowest BCUT2D eigenvalue weighted by Crippen LogP contribution is -2.38. The Hall–Kier alpha value is -1.69. The molecule has 0 bridgehead atoms. The number of likely N-dealkylation sites (tertiary alicyclic amines) is 1. The first-order valence-corrected chi connectivity index (χ1v) is 7.01. The fraction of sp³-hybridized carbons (Fsp3) is 0.571. The zero-order chi connectivity index (χ0) is 14.5. The minimum absolute atomic E-state index is 0.0599. The molecule has 20 heavy (non-hydrogen) atoms. The summed E-state index contributed by atoms with van der Waals surface area (Å²) in [6.07, 6.45) is 3.16. The molecule has 1 aromatic rings. The van der Waals surface area contributed by atoms with Crippen LogP contribution in [0.15, 0.2) is 12.3 Å². The van der Waals surface area contributed by atoms with Gasteiger partial charge in [0.2, 0.25) is 0 Å². The molecule has 0 atom stereocenters. The number of piperidine rings is 1. The molecule has 1 aromatic heterocycles. The van der Waals surface area contributed by atoms with Gasteiger partial charge < -0.3 is 16.0 Å². The van der Waals surface area contributed by atoms with Gasteiger partial charge in [0.25, 0.3) is 5.91 Å². The molecule has 1 saturated heterocycles. The van der Waals surface area contributed by atoms with Gasteiger partial charge in [-0.1, -0.05) is 6.92 Å². The molecule has 0 aliphatic carbocycles. The fourth-order valence-electron chi connectivity index (χ4n) is 2.47. The highest BCUT2D eigenvalue weighted by atomic mass is 19.1. The van der Waals surface area contributed by atoms with E-state index in [0.29, 0.717) is 12.5 Å². The van der Waals surface area contributed by atoms with Crippen molar-refractivity contribution >= 4 is 11.7 Å². The van der Waals surface area contributed by atoms with Crippen LogP contribution in [0.5, 0.6) is 0 Å². The zero-order valence-electron chi connectivity index (χ0n) is 11.7. The summed E-state index contributed by atoms with van der Waals surface area (Å²) in [7, 11) is 0. The summed E-state index contributed by atoms with van der Waals surface area (Å²) in [4.78, 5) is 18.0. The third kappa shape index (κ3) is 3.66. The number of hydrogen-bond donors (Lipinski definition) is 2. The molecular weight excluding hydrogens is 259 g/mol. The summed E-state index contributed by atoms with van der Waals surface area (Å²) in [5.74, 6) is -0.373. The van der Waals surface area contributed by atoms with Crippen molar-refractivity contribution in [2.24, 2.45) is 5.92 Å². The summed E-state index contributed by atoms with van der Waals surface area (Å²) in [6, 6.07) is 1.12. The number of nitrogens with one attached hydrogen (secondary N) is 1. The Kier molecular flexibility index (Phi) is 4.89. The molecule has 0 aromatic carbocycles. The SMILES string of the molecule is CCN1CCC(CNC(=O)c2cc(F)cnc2N)CC1. The monoisotopic (exact) mass is 280 g/mol. The standard InChI is InChI=1S/C14H21FN4O/c1-2-19-5-3-10(4-6-19)8-18-14(20)12-7-11(15)9-17-13(12)16/h7,9-10H,2-6,8H2,1H3,(H2,16,17)(H,18,20). The van der Waals surface area contributed by atoms with Gasteiger partial charge in [0.05, 0.1) is 11.8 Å². The molecule has 3 N–H and O–H groups in total. The topological polar surface area (TPSA) is 71.2 Å². The maximum absolute atomic E-state index is 13.1. The van der Waals surface area contributed by atoms with Gasteiger partial charge in [-0.05, 0) is 44.5 Å². The minimum atomic E-state index is -0.555. The molecule has 110 valence electrons. The van der Waals surface area contributed by atoms with E-state index in [2.05, 4.69) is 22.1 Å². The molecule has 2 heterocycles. The average molecular weight is 280 g/mol. The van der Waals surface area contributed by atoms with Crippen LogP contribution in [0.1, 0.15) is 30.1 Å². The van der Waals surface area contributed by atoms with Crippen molar-refractivity contribution in [2.45, 2.75) is 19.8 Å². The maximum Gasteiger partial charge on any atom is 0.255 e. The number of carbonyl (C=O) groups excluding carboxylic acids is 1. The van der Waals surface area contributed by atoms with E-state index >= 15 is 0 Å². The Bertz CT molecular complexity index is 472. The predicted octanol–water partition coefficient (Wildman–Crippen LogP) is 1.26. The van der Waals surface area contributed by atoms with Crippen molar-refractivity contribution in [3.05, 3.63) is 23.6 Å². The fourth-order valence-corrected chi connectivity index (χ4v) is 2.47.